The summed E-state index contributed by atoms with van der Waals surface area (Å²) in [6, 6.07) is 7.61. The molecule has 1 heterocycles. The highest BCUT2D eigenvalue weighted by atomic mass is 32.1. The molecule has 1 amide bonds. The number of hydrogen-bond donors (Lipinski definition) is 1. The van der Waals surface area contributed by atoms with E-state index in [1.807, 2.05) is 31.2 Å². The fourth-order valence-electron chi connectivity index (χ4n) is 3.35. The molecule has 5 nitrogen and oxygen atoms in total. The number of fused-ring (bicyclic) bond motifs is 1. The number of carbonyl (C=O) groups is 2. The van der Waals surface area contributed by atoms with Gasteiger partial charge in [-0.25, -0.2) is 4.79 Å². The first kappa shape index (κ1) is 21.1. The molecule has 1 N–H and O–H groups in total. The lowest BCUT2D eigenvalue weighted by Crippen LogP contribution is -2.14. The smallest absolute Gasteiger partial charge is 0.341 e. The van der Waals surface area contributed by atoms with Gasteiger partial charge in [0.15, 0.2) is 0 Å². The van der Waals surface area contributed by atoms with Crippen LogP contribution in [0.2, 0.25) is 0 Å². The van der Waals surface area contributed by atoms with Gasteiger partial charge in [-0.1, -0.05) is 25.1 Å². The van der Waals surface area contributed by atoms with Crippen LogP contribution in [0.25, 0.3) is 6.08 Å². The third-order valence-electron chi connectivity index (χ3n) is 4.68. The Hall–Kier alpha value is -2.60. The van der Waals surface area contributed by atoms with Crippen molar-refractivity contribution >= 4 is 34.3 Å². The summed E-state index contributed by atoms with van der Waals surface area (Å²) in [5.41, 5.74) is 2.41. The molecule has 0 saturated heterocycles. The van der Waals surface area contributed by atoms with Crippen molar-refractivity contribution in [3.63, 3.8) is 0 Å². The summed E-state index contributed by atoms with van der Waals surface area (Å²) in [5.74, 6) is 0.112. The Morgan fingerprint density at radius 3 is 2.76 bits per heavy atom. The first-order chi connectivity index (χ1) is 14.1. The molecule has 6 heteroatoms. The standard InChI is InChI=1S/C23H27NO4S/c1-3-15-28-18-11-7-5-9-16(18)13-14-20(25)24-22-21(23(26)27-4-2)17-10-6-8-12-19(17)29-22/h5,7,9,11,13-14H,3-4,6,8,10,12,15H2,1-2H3,(H,24,25). The van der Waals surface area contributed by atoms with E-state index in [4.69, 9.17) is 9.47 Å². The van der Waals surface area contributed by atoms with Gasteiger partial charge in [-0.3, -0.25) is 4.79 Å². The van der Waals surface area contributed by atoms with Gasteiger partial charge in [0.2, 0.25) is 5.91 Å². The van der Waals surface area contributed by atoms with E-state index in [1.54, 1.807) is 13.0 Å². The molecule has 0 atom stereocenters. The highest BCUT2D eigenvalue weighted by Gasteiger charge is 2.26. The number of carbonyl (C=O) groups excluding carboxylic acids is 2. The molecular weight excluding hydrogens is 386 g/mol. The van der Waals surface area contributed by atoms with Crippen LogP contribution < -0.4 is 10.1 Å². The van der Waals surface area contributed by atoms with Gasteiger partial charge in [0.1, 0.15) is 10.8 Å². The number of ether oxygens (including phenoxy) is 2. The van der Waals surface area contributed by atoms with Gasteiger partial charge >= 0.3 is 5.97 Å². The van der Waals surface area contributed by atoms with Crippen molar-refractivity contribution in [2.24, 2.45) is 0 Å². The van der Waals surface area contributed by atoms with Gasteiger partial charge < -0.3 is 14.8 Å². The second kappa shape index (κ2) is 10.3. The van der Waals surface area contributed by atoms with Crippen LogP contribution in [0.4, 0.5) is 5.00 Å². The molecule has 2 aromatic rings. The molecule has 1 aromatic heterocycles. The first-order valence-electron chi connectivity index (χ1n) is 10.2. The fraction of sp³-hybridized carbons (Fsp3) is 0.391. The number of rotatable bonds is 8. The van der Waals surface area contributed by atoms with Gasteiger partial charge in [0, 0.05) is 16.5 Å². The molecular formula is C23H27NO4S. The lowest BCUT2D eigenvalue weighted by molar-refractivity contribution is -0.111. The van der Waals surface area contributed by atoms with E-state index in [2.05, 4.69) is 5.32 Å². The van der Waals surface area contributed by atoms with Gasteiger partial charge in [0.05, 0.1) is 18.8 Å². The van der Waals surface area contributed by atoms with Crippen molar-refractivity contribution in [3.8, 4) is 5.75 Å². The largest absolute Gasteiger partial charge is 0.493 e. The monoisotopic (exact) mass is 413 g/mol. The summed E-state index contributed by atoms with van der Waals surface area (Å²) in [6.45, 7) is 4.77. The number of anilines is 1. The van der Waals surface area contributed by atoms with Crippen LogP contribution in [-0.4, -0.2) is 25.1 Å². The van der Waals surface area contributed by atoms with Gasteiger partial charge in [-0.2, -0.15) is 0 Å². The lowest BCUT2D eigenvalue weighted by Gasteiger charge is -2.12. The van der Waals surface area contributed by atoms with E-state index >= 15 is 0 Å². The van der Waals surface area contributed by atoms with Crippen molar-refractivity contribution in [3.05, 3.63) is 51.9 Å². The average Bonchev–Trinajstić information content (AvgIpc) is 3.09. The Morgan fingerprint density at radius 2 is 1.97 bits per heavy atom. The zero-order valence-corrected chi connectivity index (χ0v) is 17.8. The maximum atomic E-state index is 12.6. The van der Waals surface area contributed by atoms with Crippen LogP contribution in [0.5, 0.6) is 5.75 Å². The van der Waals surface area contributed by atoms with Crippen LogP contribution in [0.3, 0.4) is 0 Å². The van der Waals surface area contributed by atoms with E-state index < -0.39 is 0 Å². The van der Waals surface area contributed by atoms with Gasteiger partial charge in [-0.05, 0) is 56.7 Å². The van der Waals surface area contributed by atoms with E-state index in [0.29, 0.717) is 23.8 Å². The Morgan fingerprint density at radius 1 is 1.17 bits per heavy atom. The third-order valence-corrected chi connectivity index (χ3v) is 5.89. The molecule has 0 radical (unpaired) electrons. The van der Waals surface area contributed by atoms with Crippen molar-refractivity contribution in [1.29, 1.82) is 0 Å². The minimum Gasteiger partial charge on any atom is -0.493 e. The number of thiophene rings is 1. The predicted molar refractivity (Wildman–Crippen MR) is 117 cm³/mol. The lowest BCUT2D eigenvalue weighted by atomic mass is 9.95. The number of aryl methyl sites for hydroxylation is 1. The van der Waals surface area contributed by atoms with E-state index in [-0.39, 0.29) is 11.9 Å². The molecule has 29 heavy (non-hydrogen) atoms. The normalized spacial score (nSPS) is 13.2. The third kappa shape index (κ3) is 5.26. The minimum atomic E-state index is -0.357. The molecule has 1 aliphatic rings. The molecule has 154 valence electrons. The summed E-state index contributed by atoms with van der Waals surface area (Å²) in [6.07, 6.45) is 8.08. The van der Waals surface area contributed by atoms with Crippen LogP contribution >= 0.6 is 11.3 Å². The van der Waals surface area contributed by atoms with E-state index in [0.717, 1.165) is 49.0 Å². The average molecular weight is 414 g/mol. The van der Waals surface area contributed by atoms with E-state index in [1.165, 1.54) is 22.3 Å². The molecule has 0 spiro atoms. The number of benzene rings is 1. The Balaban J connectivity index is 1.78. The van der Waals surface area contributed by atoms with Crippen LogP contribution in [0, 0.1) is 0 Å². The molecule has 0 bridgehead atoms. The number of nitrogens with one attached hydrogen (secondary N) is 1. The Kier molecular flexibility index (Phi) is 7.47. The van der Waals surface area contributed by atoms with Gasteiger partial charge in [0.25, 0.3) is 0 Å². The van der Waals surface area contributed by atoms with Crippen molar-refractivity contribution in [2.75, 3.05) is 18.5 Å². The van der Waals surface area contributed by atoms with Crippen LogP contribution in [-0.2, 0) is 22.4 Å². The SMILES string of the molecule is CCCOc1ccccc1C=CC(=O)Nc1sc2c(c1C(=O)OCC)CCCC2. The molecule has 1 aliphatic carbocycles. The van der Waals surface area contributed by atoms with Crippen molar-refractivity contribution < 1.29 is 19.1 Å². The zero-order chi connectivity index (χ0) is 20.6. The second-order valence-electron chi connectivity index (χ2n) is 6.84. The quantitative estimate of drug-likeness (QED) is 0.474. The fourth-order valence-corrected chi connectivity index (χ4v) is 4.63. The molecule has 0 unspecified atom stereocenters. The van der Waals surface area contributed by atoms with Crippen molar-refractivity contribution in [1.82, 2.24) is 0 Å². The highest BCUT2D eigenvalue weighted by Crippen LogP contribution is 2.38. The summed E-state index contributed by atoms with van der Waals surface area (Å²) in [5, 5.41) is 3.47. The van der Waals surface area contributed by atoms with E-state index in [9.17, 15) is 9.59 Å². The number of para-hydroxylation sites is 1. The first-order valence-corrected chi connectivity index (χ1v) is 11.0. The van der Waals surface area contributed by atoms with Crippen molar-refractivity contribution in [2.45, 2.75) is 46.0 Å². The zero-order valence-electron chi connectivity index (χ0n) is 17.0. The maximum Gasteiger partial charge on any atom is 0.341 e. The Bertz CT molecular complexity index is 900. The van der Waals surface area contributed by atoms with Crippen LogP contribution in [0.15, 0.2) is 30.3 Å². The summed E-state index contributed by atoms with van der Waals surface area (Å²) >= 11 is 1.49. The Labute approximate surface area is 175 Å². The number of amides is 1. The predicted octanol–water partition coefficient (Wildman–Crippen LogP) is 5.24. The molecule has 3 rings (SSSR count). The van der Waals surface area contributed by atoms with Gasteiger partial charge in [-0.15, -0.1) is 11.3 Å². The van der Waals surface area contributed by atoms with Crippen LogP contribution in [0.1, 0.15) is 59.5 Å². The maximum absolute atomic E-state index is 12.6. The summed E-state index contributed by atoms with van der Waals surface area (Å²) < 4.78 is 11.0. The topological polar surface area (TPSA) is 64.6 Å². The minimum absolute atomic E-state index is 0.278. The number of hydrogen-bond acceptors (Lipinski definition) is 5. The molecule has 1 aromatic carbocycles. The molecule has 0 saturated carbocycles. The number of esters is 1. The molecule has 0 fully saturated rings. The summed E-state index contributed by atoms with van der Waals surface area (Å²) in [4.78, 5) is 26.3. The second-order valence-corrected chi connectivity index (χ2v) is 7.95. The molecule has 0 aliphatic heterocycles. The summed E-state index contributed by atoms with van der Waals surface area (Å²) in [7, 11) is 0. The highest BCUT2D eigenvalue weighted by molar-refractivity contribution is 7.17.